The van der Waals surface area contributed by atoms with Crippen LogP contribution in [0.4, 0.5) is 0 Å². The molecule has 1 atom stereocenters. The molecule has 1 amide bonds. The second kappa shape index (κ2) is 5.48. The zero-order valence-corrected chi connectivity index (χ0v) is 9.86. The smallest absolute Gasteiger partial charge is 0.222 e. The first-order valence-corrected chi connectivity index (χ1v) is 6.30. The van der Waals surface area contributed by atoms with Gasteiger partial charge in [0.15, 0.2) is 0 Å². The fourth-order valence-corrected chi connectivity index (χ4v) is 2.03. The van der Waals surface area contributed by atoms with Crippen LogP contribution in [0.1, 0.15) is 32.1 Å². The largest absolute Gasteiger partial charge is 0.376 e. The monoisotopic (exact) mass is 223 g/mol. The number of carbonyl (C=O) groups excluding carboxylic acids is 1. The molecular weight excluding hydrogens is 202 g/mol. The van der Waals surface area contributed by atoms with Crippen molar-refractivity contribution in [3.8, 4) is 0 Å². The van der Waals surface area contributed by atoms with Gasteiger partial charge in [0.25, 0.3) is 0 Å². The molecule has 2 fully saturated rings. The average molecular weight is 223 g/mol. The predicted molar refractivity (Wildman–Crippen MR) is 63.1 cm³/mol. The lowest BCUT2D eigenvalue weighted by atomic mass is 10.3. The lowest BCUT2D eigenvalue weighted by molar-refractivity contribution is -0.130. The summed E-state index contributed by atoms with van der Waals surface area (Å²) in [7, 11) is 0. The van der Waals surface area contributed by atoms with Crippen molar-refractivity contribution >= 4 is 5.91 Å². The molecule has 0 aromatic carbocycles. The fraction of sp³-hybridized carbons (Fsp3) is 0.769. The number of likely N-dealkylation sites (tertiary alicyclic amines) is 1. The molecule has 0 aromatic rings. The normalized spacial score (nSPS) is 24.8. The maximum atomic E-state index is 11.7. The summed E-state index contributed by atoms with van der Waals surface area (Å²) in [5.41, 5.74) is 0. The minimum atomic E-state index is 0.248. The molecule has 0 spiro atoms. The van der Waals surface area contributed by atoms with E-state index >= 15 is 0 Å². The van der Waals surface area contributed by atoms with E-state index in [0.717, 1.165) is 38.5 Å². The Morgan fingerprint density at radius 3 is 2.94 bits per heavy atom. The summed E-state index contributed by atoms with van der Waals surface area (Å²) in [5, 5.41) is 0. The SMILES string of the molecule is C=CCCC(=O)N1CC[C@H](OCC2CC2)C1. The highest BCUT2D eigenvalue weighted by molar-refractivity contribution is 5.76. The molecule has 0 aromatic heterocycles. The molecule has 1 aliphatic heterocycles. The van der Waals surface area contributed by atoms with Crippen molar-refractivity contribution in [1.29, 1.82) is 0 Å². The third kappa shape index (κ3) is 3.34. The van der Waals surface area contributed by atoms with Gasteiger partial charge in [-0.1, -0.05) is 6.08 Å². The number of hydrogen-bond acceptors (Lipinski definition) is 2. The third-order valence-electron chi connectivity index (χ3n) is 3.32. The van der Waals surface area contributed by atoms with Crippen LogP contribution in [0.2, 0.25) is 0 Å². The maximum Gasteiger partial charge on any atom is 0.222 e. The fourth-order valence-electron chi connectivity index (χ4n) is 2.03. The Hall–Kier alpha value is -0.830. The van der Waals surface area contributed by atoms with Crippen LogP contribution in [-0.4, -0.2) is 36.6 Å². The van der Waals surface area contributed by atoms with Gasteiger partial charge in [-0.2, -0.15) is 0 Å². The quantitative estimate of drug-likeness (QED) is 0.644. The second-order valence-corrected chi connectivity index (χ2v) is 4.85. The maximum absolute atomic E-state index is 11.7. The number of ether oxygens (including phenoxy) is 1. The molecule has 90 valence electrons. The molecule has 0 unspecified atom stereocenters. The van der Waals surface area contributed by atoms with Gasteiger partial charge >= 0.3 is 0 Å². The third-order valence-corrected chi connectivity index (χ3v) is 3.32. The van der Waals surface area contributed by atoms with Crippen molar-refractivity contribution in [2.45, 2.75) is 38.2 Å². The minimum absolute atomic E-state index is 0.248. The summed E-state index contributed by atoms with van der Waals surface area (Å²) in [5.74, 6) is 1.06. The zero-order chi connectivity index (χ0) is 11.4. The zero-order valence-electron chi connectivity index (χ0n) is 9.86. The summed E-state index contributed by atoms with van der Waals surface area (Å²) in [6, 6.07) is 0. The van der Waals surface area contributed by atoms with Gasteiger partial charge in [0.1, 0.15) is 0 Å². The summed E-state index contributed by atoms with van der Waals surface area (Å²) < 4.78 is 5.80. The van der Waals surface area contributed by atoms with Crippen molar-refractivity contribution in [2.75, 3.05) is 19.7 Å². The first-order valence-electron chi connectivity index (χ1n) is 6.30. The predicted octanol–water partition coefficient (Wildman–Crippen LogP) is 1.98. The molecule has 1 saturated carbocycles. The summed E-state index contributed by atoms with van der Waals surface area (Å²) >= 11 is 0. The van der Waals surface area contributed by atoms with Crippen LogP contribution in [0.5, 0.6) is 0 Å². The van der Waals surface area contributed by atoms with E-state index in [9.17, 15) is 4.79 Å². The van der Waals surface area contributed by atoms with Crippen LogP contribution in [0, 0.1) is 5.92 Å². The van der Waals surface area contributed by atoms with Gasteiger partial charge in [-0.05, 0) is 31.6 Å². The van der Waals surface area contributed by atoms with E-state index in [0.29, 0.717) is 6.42 Å². The lowest BCUT2D eigenvalue weighted by Gasteiger charge is -2.16. The molecule has 0 N–H and O–H groups in total. The first-order chi connectivity index (χ1) is 7.79. The van der Waals surface area contributed by atoms with E-state index in [1.165, 1.54) is 12.8 Å². The highest BCUT2D eigenvalue weighted by atomic mass is 16.5. The Balaban J connectivity index is 1.65. The van der Waals surface area contributed by atoms with Gasteiger partial charge in [0.2, 0.25) is 5.91 Å². The Kier molecular flexibility index (Phi) is 3.99. The van der Waals surface area contributed by atoms with Crippen molar-refractivity contribution in [3.63, 3.8) is 0 Å². The van der Waals surface area contributed by atoms with Gasteiger partial charge in [-0.25, -0.2) is 0 Å². The van der Waals surface area contributed by atoms with Crippen LogP contribution in [0.15, 0.2) is 12.7 Å². The van der Waals surface area contributed by atoms with Crippen molar-refractivity contribution in [3.05, 3.63) is 12.7 Å². The van der Waals surface area contributed by atoms with Crippen molar-refractivity contribution < 1.29 is 9.53 Å². The van der Waals surface area contributed by atoms with Crippen LogP contribution in [0.25, 0.3) is 0 Å². The summed E-state index contributed by atoms with van der Waals surface area (Å²) in [6.45, 7) is 6.20. The Morgan fingerprint density at radius 2 is 2.25 bits per heavy atom. The molecule has 0 radical (unpaired) electrons. The highest BCUT2D eigenvalue weighted by Crippen LogP contribution is 2.30. The van der Waals surface area contributed by atoms with E-state index in [4.69, 9.17) is 4.74 Å². The van der Waals surface area contributed by atoms with Crippen LogP contribution in [-0.2, 0) is 9.53 Å². The van der Waals surface area contributed by atoms with Gasteiger partial charge < -0.3 is 9.64 Å². The van der Waals surface area contributed by atoms with E-state index in [-0.39, 0.29) is 12.0 Å². The Labute approximate surface area is 97.5 Å². The Bertz CT molecular complexity index is 261. The van der Waals surface area contributed by atoms with E-state index in [1.807, 2.05) is 4.90 Å². The van der Waals surface area contributed by atoms with Gasteiger partial charge in [-0.3, -0.25) is 4.79 Å². The number of nitrogens with zero attached hydrogens (tertiary/aromatic N) is 1. The molecule has 3 nitrogen and oxygen atoms in total. The second-order valence-electron chi connectivity index (χ2n) is 4.85. The lowest BCUT2D eigenvalue weighted by Crippen LogP contribution is -2.30. The standard InChI is InChI=1S/C13H21NO2/c1-2-3-4-13(15)14-8-7-12(9-14)16-10-11-5-6-11/h2,11-12H,1,3-10H2/t12-/m0/s1. The number of rotatable bonds is 6. The average Bonchev–Trinajstić information content (AvgIpc) is 3.00. The van der Waals surface area contributed by atoms with Crippen molar-refractivity contribution in [2.24, 2.45) is 5.92 Å². The molecule has 1 heterocycles. The number of allylic oxidation sites excluding steroid dienone is 1. The minimum Gasteiger partial charge on any atom is -0.376 e. The van der Waals surface area contributed by atoms with Crippen LogP contribution >= 0.6 is 0 Å². The molecule has 2 aliphatic rings. The van der Waals surface area contributed by atoms with E-state index in [2.05, 4.69) is 6.58 Å². The molecule has 1 saturated heterocycles. The first kappa shape index (κ1) is 11.6. The molecule has 0 bridgehead atoms. The summed E-state index contributed by atoms with van der Waals surface area (Å²) in [4.78, 5) is 13.7. The molecule has 16 heavy (non-hydrogen) atoms. The van der Waals surface area contributed by atoms with Gasteiger partial charge in [-0.15, -0.1) is 6.58 Å². The Morgan fingerprint density at radius 1 is 1.44 bits per heavy atom. The van der Waals surface area contributed by atoms with Gasteiger partial charge in [0.05, 0.1) is 6.10 Å². The van der Waals surface area contributed by atoms with Crippen LogP contribution < -0.4 is 0 Å². The number of carbonyl (C=O) groups is 1. The summed E-state index contributed by atoms with van der Waals surface area (Å²) in [6.07, 6.45) is 7.13. The molecule has 1 aliphatic carbocycles. The number of amides is 1. The molecule has 3 heteroatoms. The highest BCUT2D eigenvalue weighted by Gasteiger charge is 2.28. The van der Waals surface area contributed by atoms with E-state index < -0.39 is 0 Å². The van der Waals surface area contributed by atoms with Crippen LogP contribution in [0.3, 0.4) is 0 Å². The van der Waals surface area contributed by atoms with Gasteiger partial charge in [0, 0.05) is 26.1 Å². The van der Waals surface area contributed by atoms with E-state index in [1.54, 1.807) is 6.08 Å². The topological polar surface area (TPSA) is 29.5 Å². The molecular formula is C13H21NO2. The van der Waals surface area contributed by atoms with Crippen molar-refractivity contribution in [1.82, 2.24) is 4.90 Å². The number of hydrogen-bond donors (Lipinski definition) is 0. The molecule has 2 rings (SSSR count).